The third-order valence-electron chi connectivity index (χ3n) is 4.18. The number of benzene rings is 1. The Morgan fingerprint density at radius 3 is 2.72 bits per heavy atom. The van der Waals surface area contributed by atoms with Crippen molar-refractivity contribution in [2.45, 2.75) is 19.4 Å². The first-order valence-electron chi connectivity index (χ1n) is 8.18. The number of amides is 2. The first kappa shape index (κ1) is 17.1. The predicted molar refractivity (Wildman–Crippen MR) is 94.6 cm³/mol. The summed E-state index contributed by atoms with van der Waals surface area (Å²) in [5, 5.41) is 2.80. The molecule has 2 heterocycles. The summed E-state index contributed by atoms with van der Waals surface area (Å²) < 4.78 is 5.47. The molecule has 1 aliphatic rings. The maximum Gasteiger partial charge on any atom is 0.257 e. The molecule has 1 aliphatic heterocycles. The molecular weight excluding hydrogens is 318 g/mol. The van der Waals surface area contributed by atoms with Crippen LogP contribution in [0.2, 0.25) is 0 Å². The van der Waals surface area contributed by atoms with E-state index >= 15 is 0 Å². The molecule has 6 nitrogen and oxygen atoms in total. The van der Waals surface area contributed by atoms with Gasteiger partial charge in [-0.25, -0.2) is 0 Å². The summed E-state index contributed by atoms with van der Waals surface area (Å²) in [6.07, 6.45) is 3.11. The zero-order valence-corrected chi connectivity index (χ0v) is 14.4. The molecule has 0 bridgehead atoms. The summed E-state index contributed by atoms with van der Waals surface area (Å²) in [5.74, 6) is -0.324. The summed E-state index contributed by atoms with van der Waals surface area (Å²) in [7, 11) is 0. The average molecular weight is 339 g/mol. The smallest absolute Gasteiger partial charge is 0.257 e. The molecule has 1 aromatic heterocycles. The minimum atomic E-state index is -0.357. The van der Waals surface area contributed by atoms with Crippen molar-refractivity contribution in [3.63, 3.8) is 0 Å². The molecule has 1 aromatic carbocycles. The monoisotopic (exact) mass is 339 g/mol. The van der Waals surface area contributed by atoms with E-state index in [-0.39, 0.29) is 17.4 Å². The third-order valence-corrected chi connectivity index (χ3v) is 4.18. The molecule has 0 atom stereocenters. The number of hydrogen-bond donors (Lipinski definition) is 1. The molecule has 0 spiro atoms. The first-order valence-corrected chi connectivity index (χ1v) is 8.18. The van der Waals surface area contributed by atoms with Gasteiger partial charge in [-0.15, -0.1) is 0 Å². The molecule has 0 aliphatic carbocycles. The van der Waals surface area contributed by atoms with Crippen LogP contribution >= 0.6 is 0 Å². The number of morpholine rings is 1. The predicted octanol–water partition coefficient (Wildman–Crippen LogP) is 2.58. The summed E-state index contributed by atoms with van der Waals surface area (Å²) >= 11 is 0. The number of carbonyl (C=O) groups excluding carboxylic acids is 2. The first-order chi connectivity index (χ1) is 12.0. The quantitative estimate of drug-likeness (QED) is 0.933. The van der Waals surface area contributed by atoms with E-state index in [4.69, 9.17) is 4.74 Å². The molecule has 130 valence electrons. The van der Waals surface area contributed by atoms with Crippen LogP contribution in [0.1, 0.15) is 34.6 Å². The standard InChI is InChI=1S/C19H21N3O3/c1-19(2)13-25-10-9-22(19)18(24)14-5-3-7-16(11-14)21-17(23)15-6-4-8-20-12-15/h3-8,11-12H,9-10,13H2,1-2H3,(H,21,23). The number of aromatic nitrogens is 1. The van der Waals surface area contributed by atoms with Crippen molar-refractivity contribution in [2.24, 2.45) is 0 Å². The van der Waals surface area contributed by atoms with E-state index in [9.17, 15) is 9.59 Å². The van der Waals surface area contributed by atoms with Crippen molar-refractivity contribution in [1.82, 2.24) is 9.88 Å². The number of nitrogens with zero attached hydrogens (tertiary/aromatic N) is 2. The Morgan fingerprint density at radius 2 is 2.00 bits per heavy atom. The number of pyridine rings is 1. The zero-order chi connectivity index (χ0) is 17.9. The number of ether oxygens (including phenoxy) is 1. The lowest BCUT2D eigenvalue weighted by atomic mass is 10.0. The van der Waals surface area contributed by atoms with Gasteiger partial charge >= 0.3 is 0 Å². The zero-order valence-electron chi connectivity index (χ0n) is 14.4. The van der Waals surface area contributed by atoms with Crippen molar-refractivity contribution in [3.8, 4) is 0 Å². The number of anilines is 1. The maximum atomic E-state index is 12.9. The van der Waals surface area contributed by atoms with Gasteiger partial charge in [-0.3, -0.25) is 14.6 Å². The molecule has 6 heteroatoms. The van der Waals surface area contributed by atoms with Gasteiger partial charge in [0.15, 0.2) is 0 Å². The lowest BCUT2D eigenvalue weighted by molar-refractivity contribution is -0.0370. The van der Waals surface area contributed by atoms with Gasteiger partial charge in [-0.1, -0.05) is 6.07 Å². The van der Waals surface area contributed by atoms with Gasteiger partial charge in [0.1, 0.15) is 0 Å². The van der Waals surface area contributed by atoms with Gasteiger partial charge in [0.2, 0.25) is 0 Å². The fourth-order valence-electron chi connectivity index (χ4n) is 2.82. The highest BCUT2D eigenvalue weighted by Crippen LogP contribution is 2.23. The molecule has 0 saturated carbocycles. The lowest BCUT2D eigenvalue weighted by Gasteiger charge is -2.42. The van der Waals surface area contributed by atoms with Crippen LogP contribution in [0, 0.1) is 0 Å². The van der Waals surface area contributed by atoms with Crippen molar-refractivity contribution in [3.05, 3.63) is 59.9 Å². The van der Waals surface area contributed by atoms with Crippen molar-refractivity contribution >= 4 is 17.5 Å². The highest BCUT2D eigenvalue weighted by molar-refractivity contribution is 6.05. The Labute approximate surface area is 146 Å². The van der Waals surface area contributed by atoms with Gasteiger partial charge in [-0.05, 0) is 44.2 Å². The van der Waals surface area contributed by atoms with Crippen molar-refractivity contribution in [2.75, 3.05) is 25.1 Å². The maximum absolute atomic E-state index is 12.9. The number of carbonyl (C=O) groups is 2. The highest BCUT2D eigenvalue weighted by atomic mass is 16.5. The lowest BCUT2D eigenvalue weighted by Crippen LogP contribution is -2.55. The van der Waals surface area contributed by atoms with Crippen LogP contribution in [-0.4, -0.2) is 47.0 Å². The molecule has 1 fully saturated rings. The van der Waals surface area contributed by atoms with Crippen LogP contribution in [0.15, 0.2) is 48.8 Å². The Hall–Kier alpha value is -2.73. The minimum absolute atomic E-state index is 0.0641. The second-order valence-electron chi connectivity index (χ2n) is 6.60. The van der Waals surface area contributed by atoms with E-state index < -0.39 is 0 Å². The highest BCUT2D eigenvalue weighted by Gasteiger charge is 2.34. The van der Waals surface area contributed by atoms with Gasteiger partial charge in [0.05, 0.1) is 24.3 Å². The van der Waals surface area contributed by atoms with Gasteiger partial charge in [-0.2, -0.15) is 0 Å². The van der Waals surface area contributed by atoms with E-state index in [0.29, 0.717) is 36.6 Å². The molecule has 2 aromatic rings. The summed E-state index contributed by atoms with van der Waals surface area (Å²) in [4.78, 5) is 30.9. The fraction of sp³-hybridized carbons (Fsp3) is 0.316. The van der Waals surface area contributed by atoms with Gasteiger partial charge in [0.25, 0.3) is 11.8 Å². The molecule has 0 unspecified atom stereocenters. The van der Waals surface area contributed by atoms with Crippen LogP contribution in [0.4, 0.5) is 5.69 Å². The van der Waals surface area contributed by atoms with Crippen LogP contribution in [0.25, 0.3) is 0 Å². The molecule has 2 amide bonds. The van der Waals surface area contributed by atoms with E-state index in [1.807, 2.05) is 18.7 Å². The molecule has 3 rings (SSSR count). The average Bonchev–Trinajstić information content (AvgIpc) is 2.62. The Bertz CT molecular complexity index is 774. The summed E-state index contributed by atoms with van der Waals surface area (Å²) in [6.45, 7) is 5.57. The van der Waals surface area contributed by atoms with Gasteiger partial charge in [0, 0.05) is 30.2 Å². The van der Waals surface area contributed by atoms with E-state index in [0.717, 1.165) is 0 Å². The third kappa shape index (κ3) is 3.85. The minimum Gasteiger partial charge on any atom is -0.377 e. The topological polar surface area (TPSA) is 71.5 Å². The normalized spacial score (nSPS) is 16.3. The summed E-state index contributed by atoms with van der Waals surface area (Å²) in [5.41, 5.74) is 1.22. The molecule has 25 heavy (non-hydrogen) atoms. The largest absolute Gasteiger partial charge is 0.377 e. The SMILES string of the molecule is CC1(C)COCCN1C(=O)c1cccc(NC(=O)c2cccnc2)c1. The Kier molecular flexibility index (Phi) is 4.81. The second kappa shape index (κ2) is 7.03. The van der Waals surface area contributed by atoms with Gasteiger partial charge < -0.3 is 15.0 Å². The van der Waals surface area contributed by atoms with E-state index in [1.54, 1.807) is 42.6 Å². The molecular formula is C19H21N3O3. The van der Waals surface area contributed by atoms with Crippen molar-refractivity contribution in [1.29, 1.82) is 0 Å². The van der Waals surface area contributed by atoms with Crippen LogP contribution in [0.3, 0.4) is 0 Å². The Balaban J connectivity index is 1.77. The molecule has 1 saturated heterocycles. The fourth-order valence-corrected chi connectivity index (χ4v) is 2.82. The number of hydrogen-bond acceptors (Lipinski definition) is 4. The number of rotatable bonds is 3. The van der Waals surface area contributed by atoms with Crippen molar-refractivity contribution < 1.29 is 14.3 Å². The molecule has 1 N–H and O–H groups in total. The Morgan fingerprint density at radius 1 is 1.20 bits per heavy atom. The van der Waals surface area contributed by atoms with Crippen LogP contribution < -0.4 is 5.32 Å². The number of nitrogens with one attached hydrogen (secondary N) is 1. The van der Waals surface area contributed by atoms with Crippen LogP contribution in [0.5, 0.6) is 0 Å². The van der Waals surface area contributed by atoms with E-state index in [1.165, 1.54) is 6.20 Å². The summed E-state index contributed by atoms with van der Waals surface area (Å²) in [6, 6.07) is 10.4. The van der Waals surface area contributed by atoms with E-state index in [2.05, 4.69) is 10.3 Å². The second-order valence-corrected chi connectivity index (χ2v) is 6.60. The van der Waals surface area contributed by atoms with Crippen LogP contribution in [-0.2, 0) is 4.74 Å². The molecule has 0 radical (unpaired) electrons.